The van der Waals surface area contributed by atoms with Gasteiger partial charge in [-0.3, -0.25) is 4.68 Å². The van der Waals surface area contributed by atoms with Gasteiger partial charge in [0.1, 0.15) is 0 Å². The second kappa shape index (κ2) is 7.58. The van der Waals surface area contributed by atoms with Crippen LogP contribution in [0.3, 0.4) is 0 Å². The SMILES string of the molecule is CCOC1(C(N)c2c(Cl)cnn2CCOC)CCCCC1. The Labute approximate surface area is 131 Å². The molecule has 0 amide bonds. The molecule has 1 fully saturated rings. The lowest BCUT2D eigenvalue weighted by molar-refractivity contribution is -0.0847. The molecule has 1 saturated carbocycles. The topological polar surface area (TPSA) is 62.3 Å². The fourth-order valence-electron chi connectivity index (χ4n) is 3.27. The predicted octanol–water partition coefficient (Wildman–Crippen LogP) is 2.92. The van der Waals surface area contributed by atoms with Gasteiger partial charge in [-0.05, 0) is 19.8 Å². The van der Waals surface area contributed by atoms with Crippen LogP contribution in [-0.4, -0.2) is 35.7 Å². The van der Waals surface area contributed by atoms with E-state index in [1.807, 2.05) is 11.6 Å². The van der Waals surface area contributed by atoms with Crippen molar-refractivity contribution in [2.24, 2.45) is 5.73 Å². The Hall–Kier alpha value is -0.620. The van der Waals surface area contributed by atoms with E-state index in [0.717, 1.165) is 31.4 Å². The average Bonchev–Trinajstić information content (AvgIpc) is 2.86. The summed E-state index contributed by atoms with van der Waals surface area (Å²) in [7, 11) is 1.67. The maximum absolute atomic E-state index is 6.60. The molecule has 120 valence electrons. The summed E-state index contributed by atoms with van der Waals surface area (Å²) in [6.07, 6.45) is 7.17. The van der Waals surface area contributed by atoms with E-state index in [0.29, 0.717) is 24.8 Å². The highest BCUT2D eigenvalue weighted by molar-refractivity contribution is 6.31. The second-order valence-electron chi connectivity index (χ2n) is 5.63. The molecule has 1 aliphatic carbocycles. The number of hydrogen-bond acceptors (Lipinski definition) is 4. The molecule has 1 unspecified atom stereocenters. The van der Waals surface area contributed by atoms with Crippen LogP contribution in [0.1, 0.15) is 50.8 Å². The van der Waals surface area contributed by atoms with E-state index < -0.39 is 0 Å². The normalized spacial score (nSPS) is 19.6. The van der Waals surface area contributed by atoms with Crippen molar-refractivity contribution < 1.29 is 9.47 Å². The van der Waals surface area contributed by atoms with E-state index in [2.05, 4.69) is 5.10 Å². The van der Waals surface area contributed by atoms with Crippen molar-refractivity contribution in [3.63, 3.8) is 0 Å². The first kappa shape index (κ1) is 16.7. The maximum atomic E-state index is 6.60. The predicted molar refractivity (Wildman–Crippen MR) is 83.5 cm³/mol. The zero-order chi connectivity index (χ0) is 15.3. The Morgan fingerprint density at radius 1 is 1.43 bits per heavy atom. The van der Waals surface area contributed by atoms with Crippen LogP contribution in [0.15, 0.2) is 6.20 Å². The summed E-state index contributed by atoms with van der Waals surface area (Å²) < 4.78 is 13.1. The molecule has 0 aliphatic heterocycles. The van der Waals surface area contributed by atoms with Gasteiger partial charge in [0.05, 0.1) is 41.7 Å². The molecular formula is C15H26ClN3O2. The monoisotopic (exact) mass is 315 g/mol. The number of nitrogens with two attached hydrogens (primary N) is 1. The van der Waals surface area contributed by atoms with Gasteiger partial charge in [0, 0.05) is 13.7 Å². The quantitative estimate of drug-likeness (QED) is 0.840. The zero-order valence-electron chi connectivity index (χ0n) is 13.0. The zero-order valence-corrected chi connectivity index (χ0v) is 13.7. The van der Waals surface area contributed by atoms with Crippen LogP contribution in [0.4, 0.5) is 0 Å². The van der Waals surface area contributed by atoms with Crippen molar-refractivity contribution in [3.05, 3.63) is 16.9 Å². The highest BCUT2D eigenvalue weighted by atomic mass is 35.5. The molecule has 0 bridgehead atoms. The Bertz CT molecular complexity index is 439. The third-order valence-electron chi connectivity index (χ3n) is 4.33. The van der Waals surface area contributed by atoms with Crippen LogP contribution >= 0.6 is 11.6 Å². The summed E-state index contributed by atoms with van der Waals surface area (Å²) in [5.41, 5.74) is 7.14. The number of methoxy groups -OCH3 is 1. The number of rotatable bonds is 7. The van der Waals surface area contributed by atoms with Gasteiger partial charge in [0.25, 0.3) is 0 Å². The fraction of sp³-hybridized carbons (Fsp3) is 0.800. The molecule has 1 atom stereocenters. The molecule has 0 aromatic carbocycles. The van der Waals surface area contributed by atoms with Crippen molar-refractivity contribution in [2.45, 2.75) is 57.2 Å². The van der Waals surface area contributed by atoms with Gasteiger partial charge in [-0.2, -0.15) is 5.10 Å². The maximum Gasteiger partial charge on any atom is 0.0889 e. The number of hydrogen-bond donors (Lipinski definition) is 1. The Balaban J connectivity index is 2.27. The lowest BCUT2D eigenvalue weighted by Crippen LogP contribution is -2.46. The minimum atomic E-state index is -0.318. The lowest BCUT2D eigenvalue weighted by Gasteiger charge is -2.41. The minimum Gasteiger partial charge on any atom is -0.383 e. The Kier molecular flexibility index (Phi) is 6.05. The Morgan fingerprint density at radius 3 is 2.76 bits per heavy atom. The smallest absolute Gasteiger partial charge is 0.0889 e. The summed E-state index contributed by atoms with van der Waals surface area (Å²) in [4.78, 5) is 0. The van der Waals surface area contributed by atoms with Crippen LogP contribution in [0.2, 0.25) is 5.02 Å². The van der Waals surface area contributed by atoms with Gasteiger partial charge in [0.2, 0.25) is 0 Å². The first-order valence-electron chi connectivity index (χ1n) is 7.74. The molecule has 2 rings (SSSR count). The molecule has 1 aromatic heterocycles. The molecular weight excluding hydrogens is 290 g/mol. The van der Waals surface area contributed by atoms with Crippen LogP contribution in [-0.2, 0) is 16.0 Å². The summed E-state index contributed by atoms with van der Waals surface area (Å²) in [6.45, 7) is 3.91. The molecule has 1 aliphatic rings. The summed E-state index contributed by atoms with van der Waals surface area (Å²) in [6, 6.07) is -0.260. The van der Waals surface area contributed by atoms with Gasteiger partial charge < -0.3 is 15.2 Å². The summed E-state index contributed by atoms with van der Waals surface area (Å²) in [5, 5.41) is 4.94. The van der Waals surface area contributed by atoms with Gasteiger partial charge in [-0.25, -0.2) is 0 Å². The van der Waals surface area contributed by atoms with Gasteiger partial charge in [0.15, 0.2) is 0 Å². The van der Waals surface area contributed by atoms with Crippen LogP contribution in [0, 0.1) is 0 Å². The second-order valence-corrected chi connectivity index (χ2v) is 6.04. The summed E-state index contributed by atoms with van der Waals surface area (Å²) in [5.74, 6) is 0. The Morgan fingerprint density at radius 2 is 2.14 bits per heavy atom. The molecule has 0 saturated heterocycles. The lowest BCUT2D eigenvalue weighted by atomic mass is 9.78. The average molecular weight is 316 g/mol. The van der Waals surface area contributed by atoms with Crippen molar-refractivity contribution in [1.82, 2.24) is 9.78 Å². The van der Waals surface area contributed by atoms with Gasteiger partial charge >= 0.3 is 0 Å². The van der Waals surface area contributed by atoms with Crippen molar-refractivity contribution in [1.29, 1.82) is 0 Å². The largest absolute Gasteiger partial charge is 0.383 e. The fourth-order valence-corrected chi connectivity index (χ4v) is 3.53. The molecule has 21 heavy (non-hydrogen) atoms. The van der Waals surface area contributed by atoms with Crippen LogP contribution in [0.5, 0.6) is 0 Å². The highest BCUT2D eigenvalue weighted by Gasteiger charge is 2.41. The third kappa shape index (κ3) is 3.59. The molecule has 0 radical (unpaired) electrons. The molecule has 0 spiro atoms. The number of ether oxygens (including phenoxy) is 2. The first-order valence-corrected chi connectivity index (χ1v) is 8.12. The summed E-state index contributed by atoms with van der Waals surface area (Å²) >= 11 is 6.34. The molecule has 6 heteroatoms. The standard InChI is InChI=1S/C15H26ClN3O2/c1-3-21-15(7-5-4-6-8-15)14(17)13-12(16)11-18-19(13)9-10-20-2/h11,14H,3-10,17H2,1-2H3. The van der Waals surface area contributed by atoms with Crippen molar-refractivity contribution in [2.75, 3.05) is 20.3 Å². The number of nitrogens with zero attached hydrogens (tertiary/aromatic N) is 2. The van der Waals surface area contributed by atoms with E-state index in [-0.39, 0.29) is 11.6 Å². The van der Waals surface area contributed by atoms with Gasteiger partial charge in [-0.15, -0.1) is 0 Å². The first-order chi connectivity index (χ1) is 10.1. The van der Waals surface area contributed by atoms with Crippen LogP contribution in [0.25, 0.3) is 0 Å². The van der Waals surface area contributed by atoms with Gasteiger partial charge in [-0.1, -0.05) is 30.9 Å². The highest BCUT2D eigenvalue weighted by Crippen LogP contribution is 2.41. The third-order valence-corrected chi connectivity index (χ3v) is 4.62. The molecule has 5 nitrogen and oxygen atoms in total. The van der Waals surface area contributed by atoms with E-state index in [4.69, 9.17) is 26.8 Å². The van der Waals surface area contributed by atoms with Crippen LogP contribution < -0.4 is 5.73 Å². The number of aromatic nitrogens is 2. The van der Waals surface area contributed by atoms with Crippen molar-refractivity contribution in [3.8, 4) is 0 Å². The molecule has 2 N–H and O–H groups in total. The van der Waals surface area contributed by atoms with E-state index >= 15 is 0 Å². The molecule has 1 heterocycles. The van der Waals surface area contributed by atoms with E-state index in [9.17, 15) is 0 Å². The molecule has 1 aromatic rings. The minimum absolute atomic E-state index is 0.260. The van der Waals surface area contributed by atoms with Crippen molar-refractivity contribution >= 4 is 11.6 Å². The number of halogens is 1. The van der Waals surface area contributed by atoms with E-state index in [1.165, 1.54) is 6.42 Å². The van der Waals surface area contributed by atoms with E-state index in [1.54, 1.807) is 13.3 Å².